The molecule has 0 spiro atoms. The first-order valence-electron chi connectivity index (χ1n) is 18.6. The van der Waals surface area contributed by atoms with Crippen molar-refractivity contribution < 1.29 is 49.0 Å². The van der Waals surface area contributed by atoms with Gasteiger partial charge >= 0.3 is 112 Å². The quantitative estimate of drug-likeness (QED) is 0.179. The van der Waals surface area contributed by atoms with E-state index in [1.807, 2.05) is 0 Å². The zero-order valence-electron chi connectivity index (χ0n) is 33.3. The van der Waals surface area contributed by atoms with E-state index in [0.29, 0.717) is 11.3 Å². The number of benzene rings is 4. The molecule has 274 valence electrons. The number of fused-ring (bicyclic) bond motifs is 5. The Bertz CT molecular complexity index is 1960. The second-order valence-electron chi connectivity index (χ2n) is 17.1. The molecule has 8 rings (SSSR count). The van der Waals surface area contributed by atoms with Gasteiger partial charge in [-0.25, -0.2) is 11.6 Å². The van der Waals surface area contributed by atoms with Gasteiger partial charge in [0.05, 0.1) is 0 Å². The molecule has 1 unspecified atom stereocenters. The van der Waals surface area contributed by atoms with Gasteiger partial charge in [0.15, 0.2) is 0 Å². The molecule has 4 aliphatic carbocycles. The summed E-state index contributed by atoms with van der Waals surface area (Å²) in [7, 11) is 0. The molecule has 0 saturated carbocycles. The summed E-state index contributed by atoms with van der Waals surface area (Å²) >= 11 is 1.55. The van der Waals surface area contributed by atoms with E-state index >= 15 is 0 Å². The average Bonchev–Trinajstić information content (AvgIpc) is 3.78. The van der Waals surface area contributed by atoms with Gasteiger partial charge in [-0.05, 0) is 58.4 Å². The number of hydrogen-bond donors (Lipinski definition) is 0. The summed E-state index contributed by atoms with van der Waals surface area (Å²) < 4.78 is 1.60. The van der Waals surface area contributed by atoms with Crippen LogP contribution in [0.1, 0.15) is 114 Å². The molecule has 4 aromatic rings. The molecule has 53 heavy (non-hydrogen) atoms. The van der Waals surface area contributed by atoms with Gasteiger partial charge in [0.2, 0.25) is 0 Å². The molecule has 0 aliphatic heterocycles. The molecular formula is C50H54Cl2Zr-2. The molecule has 0 heterocycles. The van der Waals surface area contributed by atoms with Crippen LogP contribution in [0.3, 0.4) is 0 Å². The molecular weight excluding hydrogens is 763 g/mol. The maximum absolute atomic E-state index is 3.65. The Balaban J connectivity index is 0.000000194. The van der Waals surface area contributed by atoms with E-state index in [1.165, 1.54) is 72.4 Å². The minimum absolute atomic E-state index is 0. The van der Waals surface area contributed by atoms with Crippen LogP contribution >= 0.6 is 0 Å². The summed E-state index contributed by atoms with van der Waals surface area (Å²) in [4.78, 5) is 0. The first-order valence-corrected chi connectivity index (χ1v) is 19.9. The Hall–Kier alpha value is -2.83. The van der Waals surface area contributed by atoms with E-state index in [2.05, 4.69) is 185 Å². The minimum atomic E-state index is 0. The Labute approximate surface area is 348 Å². The van der Waals surface area contributed by atoms with Crippen molar-refractivity contribution in [2.75, 3.05) is 0 Å². The summed E-state index contributed by atoms with van der Waals surface area (Å²) in [6.45, 7) is 22.5. The summed E-state index contributed by atoms with van der Waals surface area (Å²) in [5.41, 5.74) is 19.1. The van der Waals surface area contributed by atoms with Crippen LogP contribution in [0.2, 0.25) is 0 Å². The molecule has 4 aromatic carbocycles. The first-order chi connectivity index (χ1) is 24.0. The van der Waals surface area contributed by atoms with Crippen LogP contribution in [0.5, 0.6) is 0 Å². The molecule has 4 aliphatic rings. The number of hydrogen-bond acceptors (Lipinski definition) is 0. The van der Waals surface area contributed by atoms with Crippen molar-refractivity contribution in [3.63, 3.8) is 0 Å². The molecule has 0 bridgehead atoms. The Morgan fingerprint density at radius 3 is 1.72 bits per heavy atom. The molecule has 0 saturated heterocycles. The molecule has 0 radical (unpaired) electrons. The number of halogens is 2. The van der Waals surface area contributed by atoms with Gasteiger partial charge in [0.25, 0.3) is 0 Å². The van der Waals surface area contributed by atoms with Gasteiger partial charge in [-0.2, -0.15) is 17.2 Å². The average molecular weight is 817 g/mol. The summed E-state index contributed by atoms with van der Waals surface area (Å²) in [6.07, 6.45) is 17.0. The first kappa shape index (κ1) is 42.9. The van der Waals surface area contributed by atoms with Gasteiger partial charge in [-0.1, -0.05) is 97.3 Å². The SMILES string of the molecule is CC1=[C-]C(C)(C)c2cc3c(cc21)-c1cc2c(cc1C3)C(C)(C)C=C2C.CC1[C-]=CC(C(C)(C)C)=C1.[Cl-].[Cl-].[Zr+2]=[C](Cc1ccccc1)Cc1ccccc1. The van der Waals surface area contributed by atoms with E-state index < -0.39 is 0 Å². The van der Waals surface area contributed by atoms with E-state index in [9.17, 15) is 0 Å². The van der Waals surface area contributed by atoms with Gasteiger partial charge in [0, 0.05) is 5.41 Å². The Morgan fingerprint density at radius 1 is 0.736 bits per heavy atom. The topological polar surface area (TPSA) is 0 Å². The van der Waals surface area contributed by atoms with Crippen LogP contribution in [0.15, 0.2) is 109 Å². The van der Waals surface area contributed by atoms with E-state index in [4.69, 9.17) is 0 Å². The van der Waals surface area contributed by atoms with Crippen LogP contribution in [0.25, 0.3) is 22.3 Å². The van der Waals surface area contributed by atoms with E-state index in [1.54, 1.807) is 27.4 Å². The Morgan fingerprint density at radius 2 is 1.25 bits per heavy atom. The summed E-state index contributed by atoms with van der Waals surface area (Å²) in [5.74, 6) is 0.522. The van der Waals surface area contributed by atoms with Crippen molar-refractivity contribution in [1.82, 2.24) is 0 Å². The maximum atomic E-state index is 3.65. The van der Waals surface area contributed by atoms with Crippen molar-refractivity contribution in [2.45, 2.75) is 99.3 Å². The third-order valence-electron chi connectivity index (χ3n) is 10.7. The molecule has 0 amide bonds. The third kappa shape index (κ3) is 9.71. The van der Waals surface area contributed by atoms with Crippen LogP contribution < -0.4 is 24.8 Å². The van der Waals surface area contributed by atoms with Gasteiger partial charge < -0.3 is 24.8 Å². The third-order valence-corrected chi connectivity index (χ3v) is 11.6. The fourth-order valence-corrected chi connectivity index (χ4v) is 9.08. The van der Waals surface area contributed by atoms with Gasteiger partial charge in [-0.15, -0.1) is 11.6 Å². The summed E-state index contributed by atoms with van der Waals surface area (Å²) in [6, 6.07) is 31.2. The molecule has 3 heteroatoms. The van der Waals surface area contributed by atoms with Gasteiger partial charge in [0.1, 0.15) is 0 Å². The van der Waals surface area contributed by atoms with E-state index in [-0.39, 0.29) is 35.6 Å². The fourth-order valence-electron chi connectivity index (χ4n) is 8.08. The number of allylic oxidation sites excluding steroid dienone is 8. The van der Waals surface area contributed by atoms with Crippen molar-refractivity contribution >= 4 is 14.4 Å². The van der Waals surface area contributed by atoms with Gasteiger partial charge in [-0.3, -0.25) is 12.2 Å². The molecule has 0 fully saturated rings. The predicted molar refractivity (Wildman–Crippen MR) is 217 cm³/mol. The van der Waals surface area contributed by atoms with Crippen LogP contribution in [-0.4, -0.2) is 3.21 Å². The molecule has 0 nitrogen and oxygen atoms in total. The second-order valence-corrected chi connectivity index (χ2v) is 18.8. The zero-order valence-corrected chi connectivity index (χ0v) is 37.2. The van der Waals surface area contributed by atoms with Crippen LogP contribution in [0, 0.1) is 23.5 Å². The monoisotopic (exact) mass is 814 g/mol. The van der Waals surface area contributed by atoms with E-state index in [0.717, 1.165) is 19.3 Å². The predicted octanol–water partition coefficient (Wildman–Crippen LogP) is 6.62. The van der Waals surface area contributed by atoms with Crippen molar-refractivity contribution in [3.05, 3.63) is 165 Å². The number of rotatable bonds is 4. The molecule has 0 N–H and O–H groups in total. The fraction of sp³-hybridized carbons (Fsp3) is 0.340. The standard InChI is InChI=1S/C25H25.C15H14.C10H15.2ClH.Zr/c1-14-12-24(3,4)22-8-16-7-17-9-23-19(15(2)13-25(23,5)6)11-21(17)20(16)10-18(14)22;1-3-8-14(9-4-1)12-7-13-15-10-5-2-6-11-15;1-8-5-6-9(7-8)10(2,3)4;;;/h8-12H,7H2,1-6H3;1-6,8-11H,12-13H2;6-8H,1-4H3;2*1H;/q-1;;-1;;;+2/p-2. The van der Waals surface area contributed by atoms with Crippen LogP contribution in [0.4, 0.5) is 0 Å². The molecule has 1 atom stereocenters. The normalized spacial score (nSPS) is 17.5. The van der Waals surface area contributed by atoms with Crippen molar-refractivity contribution in [1.29, 1.82) is 0 Å². The second kappa shape index (κ2) is 16.9. The molecule has 0 aromatic heterocycles. The van der Waals surface area contributed by atoms with Crippen molar-refractivity contribution in [2.24, 2.45) is 11.3 Å². The Kier molecular flexibility index (Phi) is 13.7. The summed E-state index contributed by atoms with van der Waals surface area (Å²) in [5, 5.41) is 0. The van der Waals surface area contributed by atoms with Crippen molar-refractivity contribution in [3.8, 4) is 11.1 Å². The van der Waals surface area contributed by atoms with Crippen LogP contribution in [-0.2, 0) is 54.3 Å². The zero-order chi connectivity index (χ0) is 36.7.